The summed E-state index contributed by atoms with van der Waals surface area (Å²) in [5.41, 5.74) is 1.87. The fraction of sp³-hybridized carbons (Fsp3) is 0.545. The molecule has 1 aromatic heterocycles. The third-order valence-corrected chi connectivity index (χ3v) is 4.52. The molecule has 0 saturated heterocycles. The zero-order valence-corrected chi connectivity index (χ0v) is 16.4. The number of aromatic nitrogens is 2. The third kappa shape index (κ3) is 7.03. The van der Waals surface area contributed by atoms with Gasteiger partial charge < -0.3 is 9.47 Å². The molecule has 4 heteroatoms. The minimum Gasteiger partial charge on any atom is -0.493 e. The summed E-state index contributed by atoms with van der Waals surface area (Å²) in [5.74, 6) is 2.06. The van der Waals surface area contributed by atoms with Gasteiger partial charge in [0.25, 0.3) is 0 Å². The highest BCUT2D eigenvalue weighted by molar-refractivity contribution is 5.59. The zero-order chi connectivity index (χ0) is 18.6. The maximum absolute atomic E-state index is 5.79. The SMILES string of the molecule is CCCCCCCOc1ccc(-c2ccc(OCC(C)CC)cc2)nn1. The van der Waals surface area contributed by atoms with E-state index in [2.05, 4.69) is 31.0 Å². The molecular weight excluding hydrogens is 324 g/mol. The Morgan fingerprint density at radius 3 is 2.27 bits per heavy atom. The largest absolute Gasteiger partial charge is 0.493 e. The maximum Gasteiger partial charge on any atom is 0.233 e. The van der Waals surface area contributed by atoms with Gasteiger partial charge in [0.1, 0.15) is 5.75 Å². The molecule has 1 unspecified atom stereocenters. The molecule has 1 heterocycles. The van der Waals surface area contributed by atoms with Crippen LogP contribution in [0, 0.1) is 5.92 Å². The van der Waals surface area contributed by atoms with Crippen molar-refractivity contribution in [3.8, 4) is 22.9 Å². The first-order valence-corrected chi connectivity index (χ1v) is 9.92. The highest BCUT2D eigenvalue weighted by atomic mass is 16.5. The van der Waals surface area contributed by atoms with Crippen LogP contribution < -0.4 is 9.47 Å². The van der Waals surface area contributed by atoms with Crippen LogP contribution in [0.3, 0.4) is 0 Å². The average Bonchev–Trinajstić information content (AvgIpc) is 2.69. The second-order valence-corrected chi connectivity index (χ2v) is 6.87. The molecule has 0 aliphatic rings. The molecule has 0 fully saturated rings. The van der Waals surface area contributed by atoms with Crippen LogP contribution in [0.25, 0.3) is 11.3 Å². The minimum atomic E-state index is 0.569. The highest BCUT2D eigenvalue weighted by Gasteiger charge is 2.04. The Morgan fingerprint density at radius 2 is 1.62 bits per heavy atom. The lowest BCUT2D eigenvalue weighted by atomic mass is 10.1. The molecule has 0 radical (unpaired) electrons. The second-order valence-electron chi connectivity index (χ2n) is 6.87. The van der Waals surface area contributed by atoms with Gasteiger partial charge in [-0.05, 0) is 42.7 Å². The Labute approximate surface area is 158 Å². The van der Waals surface area contributed by atoms with Crippen molar-refractivity contribution in [1.82, 2.24) is 10.2 Å². The standard InChI is InChI=1S/C22H32N2O2/c1-4-6-7-8-9-16-25-22-15-14-21(23-24-22)19-10-12-20(13-11-19)26-17-18(3)5-2/h10-15,18H,4-9,16-17H2,1-3H3. The van der Waals surface area contributed by atoms with E-state index in [4.69, 9.17) is 9.47 Å². The molecule has 1 atom stereocenters. The summed E-state index contributed by atoms with van der Waals surface area (Å²) in [6.07, 6.45) is 7.25. The predicted molar refractivity (Wildman–Crippen MR) is 107 cm³/mol. The van der Waals surface area contributed by atoms with Crippen LogP contribution in [-0.4, -0.2) is 23.4 Å². The summed E-state index contributed by atoms with van der Waals surface area (Å²) in [6, 6.07) is 11.9. The van der Waals surface area contributed by atoms with Crippen molar-refractivity contribution >= 4 is 0 Å². The number of nitrogens with zero attached hydrogens (tertiary/aromatic N) is 2. The molecule has 0 aliphatic heterocycles. The molecule has 0 bridgehead atoms. The van der Waals surface area contributed by atoms with E-state index >= 15 is 0 Å². The topological polar surface area (TPSA) is 44.2 Å². The summed E-state index contributed by atoms with van der Waals surface area (Å²) in [4.78, 5) is 0. The summed E-state index contributed by atoms with van der Waals surface area (Å²) < 4.78 is 11.5. The Kier molecular flexibility index (Phi) is 8.94. The Hall–Kier alpha value is -2.10. The smallest absolute Gasteiger partial charge is 0.233 e. The van der Waals surface area contributed by atoms with Gasteiger partial charge in [0.15, 0.2) is 0 Å². The van der Waals surface area contributed by atoms with Crippen LogP contribution in [0.15, 0.2) is 36.4 Å². The minimum absolute atomic E-state index is 0.569. The van der Waals surface area contributed by atoms with Crippen LogP contribution in [0.4, 0.5) is 0 Å². The summed E-state index contributed by atoms with van der Waals surface area (Å²) >= 11 is 0. The van der Waals surface area contributed by atoms with E-state index in [-0.39, 0.29) is 0 Å². The van der Waals surface area contributed by atoms with Crippen LogP contribution in [-0.2, 0) is 0 Å². The number of ether oxygens (including phenoxy) is 2. The van der Waals surface area contributed by atoms with Crippen molar-refractivity contribution < 1.29 is 9.47 Å². The van der Waals surface area contributed by atoms with Gasteiger partial charge >= 0.3 is 0 Å². The first-order valence-electron chi connectivity index (χ1n) is 9.92. The molecule has 0 aliphatic carbocycles. The summed E-state index contributed by atoms with van der Waals surface area (Å²) in [6.45, 7) is 8.05. The fourth-order valence-corrected chi connectivity index (χ4v) is 2.51. The number of benzene rings is 1. The monoisotopic (exact) mass is 356 g/mol. The molecule has 4 nitrogen and oxygen atoms in total. The number of unbranched alkanes of at least 4 members (excludes halogenated alkanes) is 4. The molecular formula is C22H32N2O2. The van der Waals surface area contributed by atoms with Crippen molar-refractivity contribution in [3.63, 3.8) is 0 Å². The normalized spacial score (nSPS) is 12.0. The van der Waals surface area contributed by atoms with Crippen LogP contribution >= 0.6 is 0 Å². The molecule has 0 N–H and O–H groups in total. The third-order valence-electron chi connectivity index (χ3n) is 4.52. The maximum atomic E-state index is 5.79. The van der Waals surface area contributed by atoms with Gasteiger partial charge in [-0.2, -0.15) is 0 Å². The molecule has 2 rings (SSSR count). The first-order chi connectivity index (χ1) is 12.7. The Balaban J connectivity index is 1.80. The Bertz CT molecular complexity index is 611. The molecule has 0 spiro atoms. The molecule has 0 amide bonds. The predicted octanol–water partition coefficient (Wildman–Crippen LogP) is 5.92. The van der Waals surface area contributed by atoms with Gasteiger partial charge in [-0.3, -0.25) is 0 Å². The molecule has 2 aromatic rings. The molecule has 26 heavy (non-hydrogen) atoms. The fourth-order valence-electron chi connectivity index (χ4n) is 2.51. The molecule has 1 aromatic carbocycles. The van der Waals surface area contributed by atoms with Gasteiger partial charge in [-0.1, -0.05) is 52.9 Å². The molecule has 0 saturated carbocycles. The highest BCUT2D eigenvalue weighted by Crippen LogP contribution is 2.22. The van der Waals surface area contributed by atoms with Crippen molar-refractivity contribution in [2.45, 2.75) is 59.3 Å². The number of rotatable bonds is 12. The number of hydrogen-bond acceptors (Lipinski definition) is 4. The van der Waals surface area contributed by atoms with E-state index < -0.39 is 0 Å². The van der Waals surface area contributed by atoms with Crippen molar-refractivity contribution in [2.75, 3.05) is 13.2 Å². The zero-order valence-electron chi connectivity index (χ0n) is 16.4. The van der Waals surface area contributed by atoms with Gasteiger partial charge in [-0.15, -0.1) is 10.2 Å². The number of hydrogen-bond donors (Lipinski definition) is 0. The van der Waals surface area contributed by atoms with Gasteiger partial charge in [0, 0.05) is 11.6 Å². The van der Waals surface area contributed by atoms with Gasteiger partial charge in [-0.25, -0.2) is 0 Å². The van der Waals surface area contributed by atoms with E-state index in [1.165, 1.54) is 25.7 Å². The van der Waals surface area contributed by atoms with E-state index in [1.54, 1.807) is 0 Å². The van der Waals surface area contributed by atoms with Crippen LogP contribution in [0.1, 0.15) is 59.3 Å². The van der Waals surface area contributed by atoms with E-state index in [0.717, 1.165) is 36.5 Å². The quantitative estimate of drug-likeness (QED) is 0.443. The summed E-state index contributed by atoms with van der Waals surface area (Å²) in [5, 5.41) is 8.46. The molecule has 142 valence electrons. The van der Waals surface area contributed by atoms with E-state index in [0.29, 0.717) is 18.4 Å². The summed E-state index contributed by atoms with van der Waals surface area (Å²) in [7, 11) is 0. The average molecular weight is 357 g/mol. The van der Waals surface area contributed by atoms with E-state index in [9.17, 15) is 0 Å². The van der Waals surface area contributed by atoms with Crippen molar-refractivity contribution in [2.24, 2.45) is 5.92 Å². The van der Waals surface area contributed by atoms with Gasteiger partial charge in [0.2, 0.25) is 5.88 Å². The first kappa shape index (κ1) is 20.2. The lowest BCUT2D eigenvalue weighted by Crippen LogP contribution is -2.07. The Morgan fingerprint density at radius 1 is 0.846 bits per heavy atom. The van der Waals surface area contributed by atoms with Crippen molar-refractivity contribution in [3.05, 3.63) is 36.4 Å². The lowest BCUT2D eigenvalue weighted by Gasteiger charge is -2.11. The lowest BCUT2D eigenvalue weighted by molar-refractivity contribution is 0.256. The van der Waals surface area contributed by atoms with Gasteiger partial charge in [0.05, 0.1) is 18.9 Å². The van der Waals surface area contributed by atoms with Crippen LogP contribution in [0.5, 0.6) is 11.6 Å². The van der Waals surface area contributed by atoms with Crippen LogP contribution in [0.2, 0.25) is 0 Å². The second kappa shape index (κ2) is 11.5. The van der Waals surface area contributed by atoms with E-state index in [1.807, 2.05) is 36.4 Å². The van der Waals surface area contributed by atoms with Crippen molar-refractivity contribution in [1.29, 1.82) is 0 Å².